The Kier molecular flexibility index (Phi) is 6.97. The van der Waals surface area contributed by atoms with Crippen molar-refractivity contribution in [2.45, 2.75) is 9.79 Å². The molecule has 0 unspecified atom stereocenters. The third-order valence-electron chi connectivity index (χ3n) is 6.64. The lowest BCUT2D eigenvalue weighted by Gasteiger charge is -2.28. The highest BCUT2D eigenvalue weighted by Gasteiger charge is 2.25. The number of para-hydroxylation sites is 1. The SMILES string of the molecule is O=c1c(S(=O)(=O)c2ccc(Cl)cc2)cc2cnc(Nc3ccc(N4CCOCC4)cc3)nc2n1-c1ccccc1. The molecule has 1 aliphatic rings. The topological polar surface area (TPSA) is 106 Å². The van der Waals surface area contributed by atoms with E-state index >= 15 is 0 Å². The van der Waals surface area contributed by atoms with E-state index in [1.165, 1.54) is 41.1 Å². The number of anilines is 3. The third-order valence-corrected chi connectivity index (χ3v) is 8.65. The molecule has 0 saturated carbocycles. The number of pyridine rings is 1. The number of benzene rings is 3. The van der Waals surface area contributed by atoms with E-state index in [1.807, 2.05) is 30.3 Å². The zero-order valence-electron chi connectivity index (χ0n) is 21.2. The average molecular weight is 574 g/mol. The monoisotopic (exact) mass is 573 g/mol. The Morgan fingerprint density at radius 2 is 1.57 bits per heavy atom. The molecule has 202 valence electrons. The van der Waals surface area contributed by atoms with Crippen LogP contribution in [0.5, 0.6) is 0 Å². The summed E-state index contributed by atoms with van der Waals surface area (Å²) in [5, 5.41) is 3.97. The van der Waals surface area contributed by atoms with Gasteiger partial charge in [0, 0.05) is 41.1 Å². The summed E-state index contributed by atoms with van der Waals surface area (Å²) in [7, 11) is -4.16. The molecule has 2 aromatic heterocycles. The minimum atomic E-state index is -4.16. The van der Waals surface area contributed by atoms with Crippen molar-refractivity contribution in [1.29, 1.82) is 0 Å². The summed E-state index contributed by atoms with van der Waals surface area (Å²) >= 11 is 5.95. The highest BCUT2D eigenvalue weighted by atomic mass is 35.5. The predicted molar refractivity (Wildman–Crippen MR) is 155 cm³/mol. The van der Waals surface area contributed by atoms with Gasteiger partial charge in [0.1, 0.15) is 4.90 Å². The Morgan fingerprint density at radius 3 is 2.27 bits per heavy atom. The number of nitrogens with one attached hydrogen (secondary N) is 1. The minimum absolute atomic E-state index is 0.0345. The zero-order valence-corrected chi connectivity index (χ0v) is 22.8. The van der Waals surface area contributed by atoms with Crippen molar-refractivity contribution < 1.29 is 13.2 Å². The summed E-state index contributed by atoms with van der Waals surface area (Å²) in [6, 6.07) is 23.7. The van der Waals surface area contributed by atoms with Gasteiger partial charge in [-0.15, -0.1) is 0 Å². The molecule has 1 aliphatic heterocycles. The molecule has 1 N–H and O–H groups in total. The number of hydrogen-bond acceptors (Lipinski definition) is 8. The lowest BCUT2D eigenvalue weighted by molar-refractivity contribution is 0.122. The second-order valence-corrected chi connectivity index (χ2v) is 11.5. The van der Waals surface area contributed by atoms with Gasteiger partial charge in [-0.05, 0) is 66.7 Å². The summed E-state index contributed by atoms with van der Waals surface area (Å²) in [5.41, 5.74) is 1.90. The summed E-state index contributed by atoms with van der Waals surface area (Å²) < 4.78 is 33.8. The lowest BCUT2D eigenvalue weighted by atomic mass is 10.2. The van der Waals surface area contributed by atoms with E-state index in [0.29, 0.717) is 29.3 Å². The van der Waals surface area contributed by atoms with Gasteiger partial charge in [-0.1, -0.05) is 29.8 Å². The molecule has 5 aromatic rings. The smallest absolute Gasteiger partial charge is 0.275 e. The number of fused-ring (bicyclic) bond motifs is 1. The zero-order chi connectivity index (χ0) is 27.7. The molecule has 0 spiro atoms. The summed E-state index contributed by atoms with van der Waals surface area (Å²) in [6.07, 6.45) is 1.51. The van der Waals surface area contributed by atoms with Crippen LogP contribution in [0.2, 0.25) is 5.02 Å². The van der Waals surface area contributed by atoms with Crippen LogP contribution in [0.3, 0.4) is 0 Å². The number of nitrogens with zero attached hydrogens (tertiary/aromatic N) is 4. The van der Waals surface area contributed by atoms with Crippen molar-refractivity contribution in [3.05, 3.63) is 107 Å². The molecule has 1 saturated heterocycles. The summed E-state index contributed by atoms with van der Waals surface area (Å²) in [6.45, 7) is 3.09. The van der Waals surface area contributed by atoms with E-state index in [2.05, 4.69) is 20.2 Å². The third kappa shape index (κ3) is 5.04. The fourth-order valence-corrected chi connectivity index (χ4v) is 6.07. The normalized spacial score (nSPS) is 13.9. The van der Waals surface area contributed by atoms with E-state index in [1.54, 1.807) is 24.3 Å². The van der Waals surface area contributed by atoms with Gasteiger partial charge in [-0.2, -0.15) is 4.98 Å². The highest BCUT2D eigenvalue weighted by Crippen LogP contribution is 2.26. The van der Waals surface area contributed by atoms with Crippen LogP contribution in [0.4, 0.5) is 17.3 Å². The van der Waals surface area contributed by atoms with E-state index in [9.17, 15) is 13.2 Å². The lowest BCUT2D eigenvalue weighted by Crippen LogP contribution is -2.36. The van der Waals surface area contributed by atoms with Gasteiger partial charge in [0.25, 0.3) is 5.56 Å². The maximum Gasteiger partial charge on any atom is 0.275 e. The molecule has 11 heteroatoms. The molecule has 0 bridgehead atoms. The Hall–Kier alpha value is -4.25. The Morgan fingerprint density at radius 1 is 0.875 bits per heavy atom. The van der Waals surface area contributed by atoms with Gasteiger partial charge in [0.05, 0.1) is 23.8 Å². The Bertz CT molecular complexity index is 1840. The maximum absolute atomic E-state index is 13.8. The van der Waals surface area contributed by atoms with Gasteiger partial charge < -0.3 is 15.0 Å². The number of sulfone groups is 1. The number of halogens is 1. The molecule has 6 rings (SSSR count). The fourth-order valence-electron chi connectivity index (χ4n) is 4.59. The second-order valence-electron chi connectivity index (χ2n) is 9.19. The maximum atomic E-state index is 13.8. The predicted octanol–water partition coefficient (Wildman–Crippen LogP) is 4.85. The van der Waals surface area contributed by atoms with Crippen molar-refractivity contribution in [1.82, 2.24) is 14.5 Å². The largest absolute Gasteiger partial charge is 0.378 e. The van der Waals surface area contributed by atoms with Crippen LogP contribution in [0, 0.1) is 0 Å². The Labute approximate surface area is 235 Å². The number of morpholine rings is 1. The van der Waals surface area contributed by atoms with Gasteiger partial charge >= 0.3 is 0 Å². The first-order valence-corrected chi connectivity index (χ1v) is 14.4. The number of rotatable bonds is 6. The number of aromatic nitrogens is 3. The molecule has 3 aromatic carbocycles. The summed E-state index contributed by atoms with van der Waals surface area (Å²) in [4.78, 5) is 24.7. The molecule has 40 heavy (non-hydrogen) atoms. The van der Waals surface area contributed by atoms with Crippen LogP contribution in [0.1, 0.15) is 0 Å². The van der Waals surface area contributed by atoms with E-state index in [4.69, 9.17) is 16.3 Å². The second kappa shape index (κ2) is 10.7. The molecular weight excluding hydrogens is 550 g/mol. The van der Waals surface area contributed by atoms with Crippen LogP contribution in [-0.4, -0.2) is 49.3 Å². The fraction of sp³-hybridized carbons (Fsp3) is 0.138. The van der Waals surface area contributed by atoms with Gasteiger partial charge in [-0.3, -0.25) is 9.36 Å². The van der Waals surface area contributed by atoms with Gasteiger partial charge in [0.2, 0.25) is 15.8 Å². The van der Waals surface area contributed by atoms with E-state index < -0.39 is 15.4 Å². The molecule has 0 aliphatic carbocycles. The first kappa shape index (κ1) is 26.0. The minimum Gasteiger partial charge on any atom is -0.378 e. The molecule has 1 fully saturated rings. The van der Waals surface area contributed by atoms with Crippen molar-refractivity contribution in [3.8, 4) is 5.69 Å². The van der Waals surface area contributed by atoms with Crippen molar-refractivity contribution in [2.75, 3.05) is 36.5 Å². The van der Waals surface area contributed by atoms with Gasteiger partial charge in [0.15, 0.2) is 5.65 Å². The van der Waals surface area contributed by atoms with Crippen LogP contribution in [0.25, 0.3) is 16.7 Å². The van der Waals surface area contributed by atoms with Gasteiger partial charge in [-0.25, -0.2) is 13.4 Å². The highest BCUT2D eigenvalue weighted by molar-refractivity contribution is 7.91. The van der Waals surface area contributed by atoms with Crippen LogP contribution in [0.15, 0.2) is 106 Å². The summed E-state index contributed by atoms with van der Waals surface area (Å²) in [5.74, 6) is 0.268. The van der Waals surface area contributed by atoms with Crippen LogP contribution < -0.4 is 15.8 Å². The molecule has 9 nitrogen and oxygen atoms in total. The number of ether oxygens (including phenoxy) is 1. The average Bonchev–Trinajstić information content (AvgIpc) is 2.98. The quantitative estimate of drug-likeness (QED) is 0.307. The molecule has 3 heterocycles. The van der Waals surface area contributed by atoms with Crippen molar-refractivity contribution in [3.63, 3.8) is 0 Å². The van der Waals surface area contributed by atoms with Crippen molar-refractivity contribution >= 4 is 49.8 Å². The molecular formula is C29H24ClN5O4S. The van der Waals surface area contributed by atoms with Crippen molar-refractivity contribution in [2.24, 2.45) is 0 Å². The standard InChI is InChI=1S/C29H24ClN5O4S/c30-21-6-12-25(13-7-21)40(37,38)26-18-20-19-31-29(33-27(20)35(28(26)36)24-4-2-1-3-5-24)32-22-8-10-23(11-9-22)34-14-16-39-17-15-34/h1-13,18-19H,14-17H2,(H,31,32,33). The molecule has 0 atom stereocenters. The first-order chi connectivity index (χ1) is 19.4. The van der Waals surface area contributed by atoms with E-state index in [0.717, 1.165) is 24.5 Å². The number of hydrogen-bond donors (Lipinski definition) is 1. The first-order valence-electron chi connectivity index (χ1n) is 12.6. The molecule has 0 amide bonds. The van der Waals surface area contributed by atoms with Crippen LogP contribution in [-0.2, 0) is 14.6 Å². The van der Waals surface area contributed by atoms with E-state index in [-0.39, 0.29) is 21.4 Å². The van der Waals surface area contributed by atoms with Crippen LogP contribution >= 0.6 is 11.6 Å². The Balaban J connectivity index is 1.42. The molecule has 0 radical (unpaired) electrons.